The minimum atomic E-state index is 0.207. The van der Waals surface area contributed by atoms with Gasteiger partial charge in [0.05, 0.1) is 5.56 Å². The largest absolute Gasteiger partial charge is 0.409 e. The predicted octanol–water partition coefficient (Wildman–Crippen LogP) is 3.52. The molecule has 0 spiro atoms. The summed E-state index contributed by atoms with van der Waals surface area (Å²) in [7, 11) is 0. The minimum Gasteiger partial charge on any atom is -0.409 e. The monoisotopic (exact) mass is 307 g/mol. The van der Waals surface area contributed by atoms with Crippen molar-refractivity contribution in [2.45, 2.75) is 38.0 Å². The molecule has 0 unspecified atom stereocenters. The van der Waals surface area contributed by atoms with Crippen LogP contribution in [0.5, 0.6) is 0 Å². The molecule has 0 bridgehead atoms. The van der Waals surface area contributed by atoms with Crippen molar-refractivity contribution in [1.82, 2.24) is 0 Å². The van der Waals surface area contributed by atoms with E-state index >= 15 is 0 Å². The van der Waals surface area contributed by atoms with Gasteiger partial charge < -0.3 is 15.8 Å². The molecule has 0 heterocycles. The topological polar surface area (TPSA) is 61.8 Å². The summed E-state index contributed by atoms with van der Waals surface area (Å²) in [6, 6.07) is 6.20. The maximum absolute atomic E-state index is 9.15. The Balaban J connectivity index is 2.40. The summed E-state index contributed by atoms with van der Waals surface area (Å²) in [6.07, 6.45) is 3.73. The molecule has 5 heteroatoms. The summed E-state index contributed by atoms with van der Waals surface area (Å²) in [5, 5.41) is 12.4. The second-order valence-corrected chi connectivity index (χ2v) is 6.76. The van der Waals surface area contributed by atoms with Gasteiger partial charge >= 0.3 is 0 Å². The van der Waals surface area contributed by atoms with E-state index in [1.807, 2.05) is 6.07 Å². The molecule has 1 saturated carbocycles. The fraction of sp³-hybridized carbons (Fsp3) is 0.562. The Morgan fingerprint density at radius 2 is 2.19 bits per heavy atom. The van der Waals surface area contributed by atoms with Gasteiger partial charge in [0.1, 0.15) is 0 Å². The number of benzene rings is 1. The third-order valence-electron chi connectivity index (χ3n) is 3.68. The number of nitrogens with two attached hydrogens (primary N) is 1. The third kappa shape index (κ3) is 4.06. The van der Waals surface area contributed by atoms with Crippen LogP contribution in [0.1, 0.15) is 38.7 Å². The Labute approximate surface area is 131 Å². The smallest absolute Gasteiger partial charge is 0.173 e. The minimum absolute atomic E-state index is 0.207. The van der Waals surface area contributed by atoms with Crippen LogP contribution in [0.4, 0.5) is 5.69 Å². The summed E-state index contributed by atoms with van der Waals surface area (Å²) in [6.45, 7) is 6.37. The summed E-state index contributed by atoms with van der Waals surface area (Å²) in [4.78, 5) is 3.48. The Morgan fingerprint density at radius 3 is 2.76 bits per heavy atom. The third-order valence-corrected chi connectivity index (χ3v) is 4.62. The molecule has 0 amide bonds. The van der Waals surface area contributed by atoms with Crippen molar-refractivity contribution in [3.05, 3.63) is 23.8 Å². The zero-order chi connectivity index (χ0) is 15.2. The van der Waals surface area contributed by atoms with E-state index in [0.717, 1.165) is 47.3 Å². The van der Waals surface area contributed by atoms with Gasteiger partial charge in [-0.1, -0.05) is 25.1 Å². The van der Waals surface area contributed by atoms with Crippen molar-refractivity contribution in [2.24, 2.45) is 16.8 Å². The molecule has 4 nitrogen and oxygen atoms in total. The van der Waals surface area contributed by atoms with E-state index in [1.165, 1.54) is 12.8 Å². The first-order valence-electron chi connectivity index (χ1n) is 7.69. The highest BCUT2D eigenvalue weighted by Gasteiger charge is 2.26. The van der Waals surface area contributed by atoms with Crippen molar-refractivity contribution in [2.75, 3.05) is 23.7 Å². The average Bonchev–Trinajstić information content (AvgIpc) is 3.30. The molecular formula is C16H25N3OS. The van der Waals surface area contributed by atoms with Gasteiger partial charge in [-0.3, -0.25) is 0 Å². The molecule has 0 radical (unpaired) electrons. The van der Waals surface area contributed by atoms with Gasteiger partial charge in [0, 0.05) is 23.7 Å². The van der Waals surface area contributed by atoms with E-state index < -0.39 is 0 Å². The predicted molar refractivity (Wildman–Crippen MR) is 90.6 cm³/mol. The second kappa shape index (κ2) is 7.59. The van der Waals surface area contributed by atoms with Crippen LogP contribution in [0.25, 0.3) is 0 Å². The fourth-order valence-corrected chi connectivity index (χ4v) is 3.40. The lowest BCUT2D eigenvalue weighted by atomic mass is 10.1. The number of oxime groups is 1. The van der Waals surface area contributed by atoms with Crippen LogP contribution in [0.3, 0.4) is 0 Å². The van der Waals surface area contributed by atoms with Crippen LogP contribution in [-0.2, 0) is 0 Å². The van der Waals surface area contributed by atoms with Crippen LogP contribution in [0, 0.1) is 5.92 Å². The molecule has 0 aromatic heterocycles. The molecule has 1 aliphatic carbocycles. The van der Waals surface area contributed by atoms with Crippen molar-refractivity contribution in [3.8, 4) is 0 Å². The van der Waals surface area contributed by atoms with Crippen LogP contribution >= 0.6 is 11.8 Å². The lowest BCUT2D eigenvalue weighted by Gasteiger charge is -2.27. The maximum atomic E-state index is 9.15. The van der Waals surface area contributed by atoms with Crippen LogP contribution < -0.4 is 10.6 Å². The summed E-state index contributed by atoms with van der Waals surface area (Å²) in [5.41, 5.74) is 7.94. The van der Waals surface area contributed by atoms with Crippen LogP contribution in [-0.4, -0.2) is 29.9 Å². The molecular weight excluding hydrogens is 282 g/mol. The Hall–Kier alpha value is -1.36. The number of amidine groups is 1. The molecule has 1 aliphatic rings. The van der Waals surface area contributed by atoms with E-state index in [0.29, 0.717) is 0 Å². The van der Waals surface area contributed by atoms with Crippen LogP contribution in [0.15, 0.2) is 28.3 Å². The molecule has 1 aromatic rings. The summed E-state index contributed by atoms with van der Waals surface area (Å²) < 4.78 is 0. The van der Waals surface area contributed by atoms with E-state index in [9.17, 15) is 0 Å². The van der Waals surface area contributed by atoms with Crippen molar-refractivity contribution in [3.63, 3.8) is 0 Å². The zero-order valence-corrected chi connectivity index (χ0v) is 13.7. The number of thioether (sulfide) groups is 1. The first-order valence-corrected chi connectivity index (χ1v) is 8.68. The van der Waals surface area contributed by atoms with Crippen LogP contribution in [0.2, 0.25) is 0 Å². The maximum Gasteiger partial charge on any atom is 0.173 e. The first kappa shape index (κ1) is 16.0. The van der Waals surface area contributed by atoms with Gasteiger partial charge in [-0.15, -0.1) is 11.8 Å². The second-order valence-electron chi connectivity index (χ2n) is 5.46. The van der Waals surface area contributed by atoms with Gasteiger partial charge in [-0.05, 0) is 43.1 Å². The van der Waals surface area contributed by atoms with Crippen molar-refractivity contribution in [1.29, 1.82) is 0 Å². The molecule has 116 valence electrons. The molecule has 0 saturated heterocycles. The highest BCUT2D eigenvalue weighted by atomic mass is 32.2. The average molecular weight is 307 g/mol. The summed E-state index contributed by atoms with van der Waals surface area (Å²) >= 11 is 1.73. The van der Waals surface area contributed by atoms with E-state index in [1.54, 1.807) is 11.8 Å². The van der Waals surface area contributed by atoms with E-state index in [-0.39, 0.29) is 5.84 Å². The number of hydrogen-bond acceptors (Lipinski definition) is 4. The number of hydrogen-bond donors (Lipinski definition) is 2. The van der Waals surface area contributed by atoms with Gasteiger partial charge in [0.25, 0.3) is 0 Å². The fourth-order valence-electron chi connectivity index (χ4n) is 2.56. The molecule has 0 atom stereocenters. The number of rotatable bonds is 8. The normalized spacial score (nSPS) is 15.2. The molecule has 1 aromatic carbocycles. The molecule has 21 heavy (non-hydrogen) atoms. The highest BCUT2D eigenvalue weighted by Crippen LogP contribution is 2.35. The lowest BCUT2D eigenvalue weighted by molar-refractivity contribution is 0.318. The molecule has 2 rings (SSSR count). The molecule has 1 fully saturated rings. The summed E-state index contributed by atoms with van der Waals surface area (Å²) in [5.74, 6) is 1.98. The molecule has 0 aliphatic heterocycles. The quantitative estimate of drug-likeness (QED) is 0.254. The van der Waals surface area contributed by atoms with E-state index in [4.69, 9.17) is 10.9 Å². The lowest BCUT2D eigenvalue weighted by Crippen LogP contribution is -2.30. The zero-order valence-electron chi connectivity index (χ0n) is 12.9. The van der Waals surface area contributed by atoms with Gasteiger partial charge in [0.15, 0.2) is 5.84 Å². The van der Waals surface area contributed by atoms with E-state index in [2.05, 4.69) is 36.0 Å². The Morgan fingerprint density at radius 1 is 1.43 bits per heavy atom. The first-order chi connectivity index (χ1) is 10.2. The Bertz CT molecular complexity index is 500. The van der Waals surface area contributed by atoms with Gasteiger partial charge in [-0.2, -0.15) is 0 Å². The highest BCUT2D eigenvalue weighted by molar-refractivity contribution is 7.99. The van der Waals surface area contributed by atoms with Crippen molar-refractivity contribution >= 4 is 23.3 Å². The van der Waals surface area contributed by atoms with Gasteiger partial charge in [0.2, 0.25) is 0 Å². The standard InChI is InChI=1S/C16H25N3OS/c1-3-10-19(11-12-8-9-12)13-6-5-7-14(21-4-2)15(13)16(17)18-20/h5-7,12,20H,3-4,8-11H2,1-2H3,(H2,17,18). The number of anilines is 1. The molecule has 3 N–H and O–H groups in total. The SMILES string of the molecule is CCCN(CC1CC1)c1cccc(SCC)c1/C(N)=N/O. The van der Waals surface area contributed by atoms with Gasteiger partial charge in [-0.25, -0.2) is 0 Å². The number of nitrogens with zero attached hydrogens (tertiary/aromatic N) is 2. The Kier molecular flexibility index (Phi) is 5.79. The van der Waals surface area contributed by atoms with Crippen molar-refractivity contribution < 1.29 is 5.21 Å².